The Bertz CT molecular complexity index is 222. The summed E-state index contributed by atoms with van der Waals surface area (Å²) in [5, 5.41) is 0. The van der Waals surface area contributed by atoms with Gasteiger partial charge in [-0.2, -0.15) is 0 Å². The number of amides is 1. The van der Waals surface area contributed by atoms with Crippen molar-refractivity contribution in [2.24, 2.45) is 5.84 Å². The molecule has 1 aromatic heterocycles. The van der Waals surface area contributed by atoms with E-state index in [9.17, 15) is 4.79 Å². The van der Waals surface area contributed by atoms with E-state index in [1.807, 2.05) is 5.43 Å². The van der Waals surface area contributed by atoms with Gasteiger partial charge in [-0.25, -0.2) is 5.84 Å². The van der Waals surface area contributed by atoms with Crippen molar-refractivity contribution in [3.8, 4) is 0 Å². The minimum absolute atomic E-state index is 0.303. The van der Waals surface area contributed by atoms with Crippen LogP contribution >= 0.6 is 0 Å². The summed E-state index contributed by atoms with van der Waals surface area (Å²) in [5.41, 5.74) is 2.53. The summed E-state index contributed by atoms with van der Waals surface area (Å²) in [4.78, 5) is 14.5. The Morgan fingerprint density at radius 3 is 2.60 bits per heavy atom. The fourth-order valence-corrected chi connectivity index (χ4v) is 0.587. The molecule has 10 heavy (non-hydrogen) atoms. The number of pyridine rings is 1. The molecule has 0 aromatic carbocycles. The highest BCUT2D eigenvalue weighted by Gasteiger charge is 1.98. The Hall–Kier alpha value is -1.42. The van der Waals surface area contributed by atoms with Crippen LogP contribution < -0.4 is 11.3 Å². The molecule has 3 N–H and O–H groups in total. The second kappa shape index (κ2) is 2.93. The van der Waals surface area contributed by atoms with Crippen molar-refractivity contribution >= 4 is 5.91 Å². The zero-order valence-electron chi connectivity index (χ0n) is 5.24. The van der Waals surface area contributed by atoms with E-state index in [4.69, 9.17) is 5.84 Å². The molecule has 0 aliphatic rings. The summed E-state index contributed by atoms with van der Waals surface area (Å²) in [6, 6.07) is 3.17. The van der Waals surface area contributed by atoms with Crippen LogP contribution in [0.2, 0.25) is 0 Å². The molecule has 0 aliphatic carbocycles. The van der Waals surface area contributed by atoms with Crippen LogP contribution in [0.3, 0.4) is 0 Å². The van der Waals surface area contributed by atoms with Gasteiger partial charge in [0.15, 0.2) is 0 Å². The van der Waals surface area contributed by atoms with Crippen LogP contribution in [-0.2, 0) is 0 Å². The second-order valence-corrected chi connectivity index (χ2v) is 1.71. The van der Waals surface area contributed by atoms with Gasteiger partial charge >= 0.3 is 0 Å². The van der Waals surface area contributed by atoms with E-state index in [1.54, 1.807) is 12.1 Å². The van der Waals surface area contributed by atoms with Crippen LogP contribution in [0.5, 0.6) is 0 Å². The number of nitrogens with zero attached hydrogens (tertiary/aromatic N) is 1. The number of hydrogen-bond donors (Lipinski definition) is 2. The topological polar surface area (TPSA) is 68.0 Å². The summed E-state index contributed by atoms with van der Waals surface area (Å²) < 4.78 is 0. The molecule has 0 bridgehead atoms. The summed E-state index contributed by atoms with van der Waals surface area (Å²) in [6.45, 7) is 0. The van der Waals surface area contributed by atoms with Gasteiger partial charge in [-0.1, -0.05) is 0 Å². The molecular weight excluding hydrogens is 133 g/mol. The standard InChI is InChI=1S/C6H7N3O/c7-9-6(10)5-1-3-8-4-2-5/h1-4H,7H2,(H,9,10)/i3+1,10+2. The van der Waals surface area contributed by atoms with Crippen molar-refractivity contribution < 1.29 is 4.79 Å². The minimum Gasteiger partial charge on any atom is -0.290 e. The van der Waals surface area contributed by atoms with Crippen molar-refractivity contribution in [3.05, 3.63) is 30.1 Å². The Balaban J connectivity index is 2.85. The van der Waals surface area contributed by atoms with Gasteiger partial charge in [0.25, 0.3) is 5.91 Å². The lowest BCUT2D eigenvalue weighted by molar-refractivity contribution is 0.0953. The van der Waals surface area contributed by atoms with Gasteiger partial charge in [0.05, 0.1) is 0 Å². The lowest BCUT2D eigenvalue weighted by Gasteiger charge is -1.95. The molecule has 0 fully saturated rings. The predicted molar refractivity (Wildman–Crippen MR) is 35.9 cm³/mol. The second-order valence-electron chi connectivity index (χ2n) is 1.71. The number of carbonyl (C=O) groups excluding carboxylic acids is 1. The Morgan fingerprint density at radius 2 is 2.10 bits per heavy atom. The van der Waals surface area contributed by atoms with Crippen LogP contribution in [0.25, 0.3) is 0 Å². The maximum Gasteiger partial charge on any atom is 0.265 e. The molecule has 1 rings (SSSR count). The van der Waals surface area contributed by atoms with Crippen molar-refractivity contribution in [2.45, 2.75) is 0 Å². The number of rotatable bonds is 1. The summed E-state index contributed by atoms with van der Waals surface area (Å²) >= 11 is 0. The molecule has 0 saturated heterocycles. The number of nitrogen functional groups attached to an aromatic ring is 1. The number of hydrazine groups is 1. The fraction of sp³-hybridized carbons (Fsp3) is 0. The first kappa shape index (κ1) is 6.70. The van der Waals surface area contributed by atoms with E-state index in [1.165, 1.54) is 12.4 Å². The van der Waals surface area contributed by atoms with Gasteiger partial charge in [0, 0.05) is 18.0 Å². The number of aromatic nitrogens is 1. The zero-order chi connectivity index (χ0) is 7.40. The molecule has 4 nitrogen and oxygen atoms in total. The average molecular weight is 140 g/mol. The quantitative estimate of drug-likeness (QED) is 0.243. The predicted octanol–water partition coefficient (Wildman–Crippen LogP) is -0.315. The maximum absolute atomic E-state index is 10.7. The van der Waals surface area contributed by atoms with Crippen molar-refractivity contribution in [1.82, 2.24) is 10.4 Å². The SMILES string of the molecule is NNC(=[18O])c1ccn[13cH]c1. The van der Waals surface area contributed by atoms with Crippen molar-refractivity contribution in [1.29, 1.82) is 0 Å². The molecule has 0 atom stereocenters. The van der Waals surface area contributed by atoms with Gasteiger partial charge in [-0.15, -0.1) is 0 Å². The largest absolute Gasteiger partial charge is 0.290 e. The lowest BCUT2D eigenvalue weighted by Crippen LogP contribution is -2.29. The molecule has 0 radical (unpaired) electrons. The molecule has 0 aliphatic heterocycles. The van der Waals surface area contributed by atoms with Gasteiger partial charge in [-0.05, 0) is 12.1 Å². The highest BCUT2D eigenvalue weighted by molar-refractivity contribution is 5.93. The average Bonchev–Trinajstić information content (AvgIpc) is 2.05. The Labute approximate surface area is 58.0 Å². The molecule has 0 saturated carbocycles. The van der Waals surface area contributed by atoms with E-state index < -0.39 is 0 Å². The van der Waals surface area contributed by atoms with Gasteiger partial charge in [0.2, 0.25) is 0 Å². The smallest absolute Gasteiger partial charge is 0.265 e. The number of hydrogen-bond acceptors (Lipinski definition) is 3. The first-order chi connectivity index (χ1) is 4.84. The monoisotopic (exact) mass is 140 g/mol. The third-order valence-corrected chi connectivity index (χ3v) is 1.07. The van der Waals surface area contributed by atoms with Gasteiger partial charge in [0.1, 0.15) is 0 Å². The van der Waals surface area contributed by atoms with Crippen LogP contribution in [-0.4, -0.2) is 10.9 Å². The molecule has 4 heteroatoms. The zero-order valence-corrected chi connectivity index (χ0v) is 5.24. The molecule has 1 heterocycles. The summed E-state index contributed by atoms with van der Waals surface area (Å²) in [5.74, 6) is 4.58. The molecule has 0 unspecified atom stereocenters. The first-order valence-corrected chi connectivity index (χ1v) is 2.75. The Kier molecular flexibility index (Phi) is 1.96. The number of carbonyl (C=O) groups is 1. The molecular formula is C6H7N3O. The molecule has 0 spiro atoms. The van der Waals surface area contributed by atoms with E-state index in [-0.39, 0.29) is 5.91 Å². The lowest BCUT2D eigenvalue weighted by atomic mass is 10.3. The maximum atomic E-state index is 10.7. The van der Waals surface area contributed by atoms with Crippen molar-refractivity contribution in [3.63, 3.8) is 0 Å². The van der Waals surface area contributed by atoms with E-state index >= 15 is 0 Å². The van der Waals surface area contributed by atoms with Crippen LogP contribution in [0.4, 0.5) is 0 Å². The first-order valence-electron chi connectivity index (χ1n) is 2.75. The third kappa shape index (κ3) is 1.29. The van der Waals surface area contributed by atoms with Crippen LogP contribution in [0.1, 0.15) is 10.4 Å². The normalized spacial score (nSPS) is 8.90. The van der Waals surface area contributed by atoms with Crippen molar-refractivity contribution in [2.75, 3.05) is 0 Å². The van der Waals surface area contributed by atoms with E-state index in [0.29, 0.717) is 5.56 Å². The molecule has 1 amide bonds. The number of nitrogens with one attached hydrogen (secondary N) is 1. The van der Waals surface area contributed by atoms with Crippen LogP contribution in [0, 0.1) is 0 Å². The Morgan fingerprint density at radius 1 is 1.50 bits per heavy atom. The fourth-order valence-electron chi connectivity index (χ4n) is 0.587. The third-order valence-electron chi connectivity index (χ3n) is 1.07. The van der Waals surface area contributed by atoms with Crippen LogP contribution in [0.15, 0.2) is 24.5 Å². The highest BCUT2D eigenvalue weighted by Crippen LogP contribution is 1.93. The number of nitrogens with two attached hydrogens (primary N) is 1. The molecule has 52 valence electrons. The highest BCUT2D eigenvalue weighted by atomic mass is 18.1. The van der Waals surface area contributed by atoms with Gasteiger partial charge < -0.3 is 0 Å². The van der Waals surface area contributed by atoms with E-state index in [0.717, 1.165) is 0 Å². The summed E-state index contributed by atoms with van der Waals surface area (Å²) in [7, 11) is 0. The van der Waals surface area contributed by atoms with Gasteiger partial charge in [-0.3, -0.25) is 15.2 Å². The minimum atomic E-state index is -0.303. The van der Waals surface area contributed by atoms with E-state index in [2.05, 4.69) is 4.98 Å². The summed E-state index contributed by atoms with van der Waals surface area (Å²) in [6.07, 6.45) is 3.06. The molecule has 1 aromatic rings.